The molecule has 2 aromatic rings. The first-order valence-corrected chi connectivity index (χ1v) is 10.8. The summed E-state index contributed by atoms with van der Waals surface area (Å²) in [5.41, 5.74) is 1.04. The number of ether oxygens (including phenoxy) is 2. The molecule has 1 atom stereocenters. The summed E-state index contributed by atoms with van der Waals surface area (Å²) in [6.45, 7) is 5.20. The van der Waals surface area contributed by atoms with E-state index in [0.717, 1.165) is 68.4 Å². The average molecular weight is 413 g/mol. The van der Waals surface area contributed by atoms with Gasteiger partial charge in [-0.25, -0.2) is 4.98 Å². The largest absolute Gasteiger partial charge is 0.497 e. The number of hydrogen-bond donors (Lipinski definition) is 1. The minimum Gasteiger partial charge on any atom is -0.497 e. The van der Waals surface area contributed by atoms with E-state index < -0.39 is 0 Å². The van der Waals surface area contributed by atoms with Crippen LogP contribution in [0, 0.1) is 0 Å². The number of methoxy groups -OCH3 is 2. The highest BCUT2D eigenvalue weighted by atomic mass is 16.5. The van der Waals surface area contributed by atoms with Crippen molar-refractivity contribution >= 4 is 11.7 Å². The summed E-state index contributed by atoms with van der Waals surface area (Å²) >= 11 is 0. The molecule has 160 valence electrons. The summed E-state index contributed by atoms with van der Waals surface area (Å²) in [5, 5.41) is 0. The van der Waals surface area contributed by atoms with E-state index in [-0.39, 0.29) is 11.9 Å². The van der Waals surface area contributed by atoms with Gasteiger partial charge in [0, 0.05) is 18.2 Å². The number of quaternary nitrogens is 1. The van der Waals surface area contributed by atoms with Crippen LogP contribution in [0.5, 0.6) is 11.5 Å². The van der Waals surface area contributed by atoms with Crippen LogP contribution in [-0.4, -0.2) is 64.3 Å². The number of likely N-dealkylation sites (tertiary alicyclic amines) is 1. The zero-order valence-electron chi connectivity index (χ0n) is 17.9. The molecule has 0 aliphatic carbocycles. The molecule has 30 heavy (non-hydrogen) atoms. The van der Waals surface area contributed by atoms with Crippen LogP contribution in [-0.2, 0) is 4.79 Å². The highest BCUT2D eigenvalue weighted by Gasteiger charge is 2.35. The first kappa shape index (κ1) is 20.5. The number of piperazine rings is 1. The van der Waals surface area contributed by atoms with Gasteiger partial charge in [0.25, 0.3) is 11.7 Å². The summed E-state index contributed by atoms with van der Waals surface area (Å²) in [5.74, 6) is 3.00. The van der Waals surface area contributed by atoms with Crippen molar-refractivity contribution in [2.75, 3.05) is 58.4 Å². The minimum absolute atomic E-state index is 0.0576. The van der Waals surface area contributed by atoms with E-state index in [2.05, 4.69) is 22.0 Å². The smallest absolute Gasteiger partial charge is 0.278 e. The molecule has 7 heteroatoms. The monoisotopic (exact) mass is 412 g/mol. The van der Waals surface area contributed by atoms with Gasteiger partial charge < -0.3 is 19.3 Å². The Labute approximate surface area is 178 Å². The summed E-state index contributed by atoms with van der Waals surface area (Å²) in [4.78, 5) is 22.3. The molecule has 0 saturated carbocycles. The number of aromatic nitrogens is 1. The normalized spacial score (nSPS) is 19.7. The molecule has 4 rings (SSSR count). The van der Waals surface area contributed by atoms with E-state index in [9.17, 15) is 4.79 Å². The second-order valence-corrected chi connectivity index (χ2v) is 8.01. The van der Waals surface area contributed by atoms with E-state index in [1.807, 2.05) is 35.4 Å². The van der Waals surface area contributed by atoms with Crippen molar-refractivity contribution in [2.45, 2.75) is 18.9 Å². The van der Waals surface area contributed by atoms with Crippen molar-refractivity contribution in [3.8, 4) is 11.5 Å². The molecule has 0 radical (unpaired) electrons. The molecule has 3 heterocycles. The molecule has 0 spiro atoms. The van der Waals surface area contributed by atoms with Crippen LogP contribution in [0.25, 0.3) is 0 Å². The van der Waals surface area contributed by atoms with Crippen LogP contribution in [0.2, 0.25) is 0 Å². The molecule has 2 saturated heterocycles. The van der Waals surface area contributed by atoms with Crippen LogP contribution in [0.1, 0.15) is 24.4 Å². The number of amides is 1. The first-order chi connectivity index (χ1) is 14.7. The van der Waals surface area contributed by atoms with Gasteiger partial charge in [0.2, 0.25) is 0 Å². The third kappa shape index (κ3) is 4.36. The molecule has 1 amide bonds. The molecule has 0 unspecified atom stereocenters. The van der Waals surface area contributed by atoms with Crippen LogP contribution < -0.4 is 24.3 Å². The van der Waals surface area contributed by atoms with E-state index in [0.29, 0.717) is 6.54 Å². The number of benzene rings is 1. The fourth-order valence-electron chi connectivity index (χ4n) is 4.62. The molecular weight excluding hydrogens is 380 g/mol. The molecule has 7 nitrogen and oxygen atoms in total. The van der Waals surface area contributed by atoms with Crippen molar-refractivity contribution in [3.63, 3.8) is 0 Å². The first-order valence-electron chi connectivity index (χ1n) is 10.8. The number of H-pyrrole nitrogens is 1. The summed E-state index contributed by atoms with van der Waals surface area (Å²) < 4.78 is 11.0. The average Bonchev–Trinajstić information content (AvgIpc) is 3.30. The Morgan fingerprint density at radius 3 is 2.67 bits per heavy atom. The van der Waals surface area contributed by atoms with Gasteiger partial charge >= 0.3 is 0 Å². The van der Waals surface area contributed by atoms with Crippen molar-refractivity contribution < 1.29 is 24.2 Å². The zero-order chi connectivity index (χ0) is 20.9. The highest BCUT2D eigenvalue weighted by molar-refractivity contribution is 5.78. The quantitative estimate of drug-likeness (QED) is 0.754. The lowest BCUT2D eigenvalue weighted by molar-refractivity contribution is -0.892. The second kappa shape index (κ2) is 9.34. The van der Waals surface area contributed by atoms with Gasteiger partial charge in [0.1, 0.15) is 37.7 Å². The van der Waals surface area contributed by atoms with E-state index >= 15 is 0 Å². The third-order valence-corrected chi connectivity index (χ3v) is 6.27. The Balaban J connectivity index is 1.39. The Morgan fingerprint density at radius 2 is 1.97 bits per heavy atom. The maximum atomic E-state index is 13.2. The van der Waals surface area contributed by atoms with E-state index in [1.54, 1.807) is 14.2 Å². The molecule has 2 fully saturated rings. The van der Waals surface area contributed by atoms with Gasteiger partial charge in [0.05, 0.1) is 26.5 Å². The number of nitrogens with one attached hydrogen (secondary N) is 2. The number of carbonyl (C=O) groups excluding carboxylic acids is 1. The molecule has 2 aliphatic heterocycles. The van der Waals surface area contributed by atoms with Gasteiger partial charge in [-0.1, -0.05) is 6.07 Å². The van der Waals surface area contributed by atoms with Crippen molar-refractivity contribution in [1.82, 2.24) is 4.90 Å². The van der Waals surface area contributed by atoms with Crippen LogP contribution in [0.15, 0.2) is 42.6 Å². The van der Waals surface area contributed by atoms with Crippen molar-refractivity contribution in [2.24, 2.45) is 0 Å². The Hall–Kier alpha value is -2.80. The number of carbonyl (C=O) groups is 1. The Kier molecular flexibility index (Phi) is 6.38. The summed E-state index contributed by atoms with van der Waals surface area (Å²) in [6.07, 6.45) is 3.93. The molecule has 2 N–H and O–H groups in total. The molecule has 1 aromatic carbocycles. The SMILES string of the molecule is COc1ccc(OC)c([C@H]2CCCN2C(=O)C[NH+]2CCN(c3cccc[nH+]3)CC2)c1. The number of nitrogens with zero attached hydrogens (tertiary/aromatic N) is 2. The standard InChI is InChI=1S/C23H30N4O3/c1-29-18-8-9-21(30-2)19(16-18)20-6-5-11-27(20)23(28)17-25-12-14-26(15-13-25)22-7-3-4-10-24-22/h3-4,7-10,16,20H,5-6,11-15,17H2,1-2H3/p+2/t20-/m1/s1. The van der Waals surface area contributed by atoms with Gasteiger partial charge in [-0.3, -0.25) is 9.69 Å². The van der Waals surface area contributed by atoms with Gasteiger partial charge in [-0.15, -0.1) is 0 Å². The van der Waals surface area contributed by atoms with Gasteiger partial charge in [-0.2, -0.15) is 0 Å². The molecule has 2 aliphatic rings. The number of rotatable bonds is 6. The lowest BCUT2D eigenvalue weighted by Crippen LogP contribution is -3.16. The van der Waals surface area contributed by atoms with Crippen molar-refractivity contribution in [3.05, 3.63) is 48.2 Å². The Bertz CT molecular complexity index is 853. The number of hydrogen-bond acceptors (Lipinski definition) is 4. The maximum Gasteiger partial charge on any atom is 0.278 e. The lowest BCUT2D eigenvalue weighted by Gasteiger charge is -2.31. The van der Waals surface area contributed by atoms with E-state index in [4.69, 9.17) is 9.47 Å². The predicted molar refractivity (Wildman–Crippen MR) is 114 cm³/mol. The third-order valence-electron chi connectivity index (χ3n) is 6.27. The van der Waals surface area contributed by atoms with Crippen LogP contribution >= 0.6 is 0 Å². The number of aromatic amines is 1. The van der Waals surface area contributed by atoms with Gasteiger partial charge in [-0.05, 0) is 37.1 Å². The minimum atomic E-state index is 0.0576. The fraction of sp³-hybridized carbons (Fsp3) is 0.478. The highest BCUT2D eigenvalue weighted by Crippen LogP contribution is 2.38. The van der Waals surface area contributed by atoms with Crippen molar-refractivity contribution in [1.29, 1.82) is 0 Å². The number of anilines is 1. The fourth-order valence-corrected chi connectivity index (χ4v) is 4.62. The molecule has 1 aromatic heterocycles. The summed E-state index contributed by atoms with van der Waals surface area (Å²) in [7, 11) is 3.35. The zero-order valence-corrected chi connectivity index (χ0v) is 17.9. The molecule has 0 bridgehead atoms. The molecular formula is C23H32N4O3+2. The van der Waals surface area contributed by atoms with Gasteiger partial charge in [0.15, 0.2) is 6.54 Å². The predicted octanol–water partition coefficient (Wildman–Crippen LogP) is 0.587. The lowest BCUT2D eigenvalue weighted by atomic mass is 10.0. The topological polar surface area (TPSA) is 60.6 Å². The second-order valence-electron chi connectivity index (χ2n) is 8.01. The van der Waals surface area contributed by atoms with Crippen LogP contribution in [0.3, 0.4) is 0 Å². The Morgan fingerprint density at radius 1 is 1.13 bits per heavy atom. The maximum absolute atomic E-state index is 13.2. The number of pyridine rings is 1. The van der Waals surface area contributed by atoms with E-state index in [1.165, 1.54) is 4.90 Å². The van der Waals surface area contributed by atoms with Crippen LogP contribution in [0.4, 0.5) is 5.82 Å². The summed E-state index contributed by atoms with van der Waals surface area (Å²) in [6, 6.07) is 12.0.